The molecule has 0 fully saturated rings. The van der Waals surface area contributed by atoms with Crippen LogP contribution in [0, 0.1) is 0 Å². The van der Waals surface area contributed by atoms with Crippen LogP contribution in [0.25, 0.3) is 5.69 Å². The normalized spacial score (nSPS) is 15.2. The lowest BCUT2D eigenvalue weighted by Crippen LogP contribution is -2.20. The van der Waals surface area contributed by atoms with Crippen LogP contribution >= 0.6 is 11.8 Å². The molecule has 2 aromatic carbocycles. The first-order valence-electron chi connectivity index (χ1n) is 10.3. The molecule has 1 amide bonds. The Bertz CT molecular complexity index is 1140. The number of hydrogen-bond acceptors (Lipinski definition) is 4. The highest BCUT2D eigenvalue weighted by Crippen LogP contribution is 2.32. The first-order valence-corrected chi connectivity index (χ1v) is 11.3. The summed E-state index contributed by atoms with van der Waals surface area (Å²) >= 11 is 1.50. The van der Waals surface area contributed by atoms with Crippen LogP contribution in [0.3, 0.4) is 0 Å². The molecule has 0 saturated carbocycles. The van der Waals surface area contributed by atoms with Gasteiger partial charge in [-0.15, -0.1) is 0 Å². The predicted molar refractivity (Wildman–Crippen MR) is 119 cm³/mol. The van der Waals surface area contributed by atoms with E-state index in [9.17, 15) is 9.59 Å². The van der Waals surface area contributed by atoms with Crippen molar-refractivity contribution in [1.82, 2.24) is 9.55 Å². The zero-order chi connectivity index (χ0) is 20.7. The number of aryl methyl sites for hydroxylation is 1. The molecule has 3 aromatic rings. The molecule has 0 atom stereocenters. The molecule has 152 valence electrons. The molecule has 1 aromatic heterocycles. The van der Waals surface area contributed by atoms with Gasteiger partial charge in [0.1, 0.15) is 0 Å². The molecule has 1 aliphatic heterocycles. The minimum Gasteiger partial charge on any atom is -0.315 e. The number of ketones is 1. The van der Waals surface area contributed by atoms with Gasteiger partial charge in [0, 0.05) is 29.7 Å². The predicted octanol–water partition coefficient (Wildman–Crippen LogP) is 4.25. The van der Waals surface area contributed by atoms with Gasteiger partial charge in [0.25, 0.3) is 0 Å². The van der Waals surface area contributed by atoms with E-state index in [2.05, 4.69) is 16.7 Å². The minimum atomic E-state index is 0.0605. The standard InChI is InChI=1S/C24H23N3O2S/c1-26-20-12-11-16(13-17(20)14-23(26)29)22(28)15-30-24-25-19-9-5-6-10-21(19)27(24)18-7-3-2-4-8-18/h2-4,7-8,11-13H,5-6,9-10,14-15H2,1H3. The number of fused-ring (bicyclic) bond motifs is 2. The number of para-hydroxylation sites is 1. The monoisotopic (exact) mass is 417 g/mol. The topological polar surface area (TPSA) is 55.2 Å². The van der Waals surface area contributed by atoms with E-state index in [1.807, 2.05) is 36.4 Å². The molecule has 5 nitrogen and oxygen atoms in total. The Kier molecular flexibility index (Phi) is 4.95. The quantitative estimate of drug-likeness (QED) is 0.460. The third kappa shape index (κ3) is 3.35. The Hall–Kier alpha value is -2.86. The highest BCUT2D eigenvalue weighted by Gasteiger charge is 2.25. The minimum absolute atomic E-state index is 0.0605. The highest BCUT2D eigenvalue weighted by atomic mass is 32.2. The van der Waals surface area contributed by atoms with E-state index in [0.717, 1.165) is 34.9 Å². The van der Waals surface area contributed by atoms with Gasteiger partial charge in [0.05, 0.1) is 17.9 Å². The number of hydrogen-bond donors (Lipinski definition) is 0. The first kappa shape index (κ1) is 19.1. The molecular weight excluding hydrogens is 394 g/mol. The van der Waals surface area contributed by atoms with Crippen molar-refractivity contribution in [3.05, 3.63) is 71.0 Å². The molecule has 2 heterocycles. The number of amides is 1. The maximum absolute atomic E-state index is 12.9. The number of carbonyl (C=O) groups is 2. The van der Waals surface area contributed by atoms with E-state index in [1.165, 1.54) is 36.0 Å². The fraction of sp³-hybridized carbons (Fsp3) is 0.292. The van der Waals surface area contributed by atoms with Crippen LogP contribution in [-0.4, -0.2) is 34.0 Å². The number of nitrogens with zero attached hydrogens (tertiary/aromatic N) is 3. The van der Waals surface area contributed by atoms with Crippen molar-refractivity contribution in [2.75, 3.05) is 17.7 Å². The summed E-state index contributed by atoms with van der Waals surface area (Å²) in [6, 6.07) is 15.8. The summed E-state index contributed by atoms with van der Waals surface area (Å²) in [5.41, 5.74) is 6.03. The SMILES string of the molecule is CN1C(=O)Cc2cc(C(=O)CSc3nc4c(n3-c3ccccc3)CCCC4)ccc21. The van der Waals surface area contributed by atoms with E-state index in [4.69, 9.17) is 4.98 Å². The molecule has 1 aliphatic carbocycles. The van der Waals surface area contributed by atoms with Gasteiger partial charge in [-0.3, -0.25) is 14.2 Å². The van der Waals surface area contributed by atoms with Gasteiger partial charge >= 0.3 is 0 Å². The van der Waals surface area contributed by atoms with E-state index < -0.39 is 0 Å². The summed E-state index contributed by atoms with van der Waals surface area (Å²) in [7, 11) is 1.77. The van der Waals surface area contributed by atoms with Crippen molar-refractivity contribution in [3.8, 4) is 5.69 Å². The molecule has 6 heteroatoms. The van der Waals surface area contributed by atoms with Gasteiger partial charge in [-0.1, -0.05) is 30.0 Å². The Morgan fingerprint density at radius 2 is 1.90 bits per heavy atom. The molecular formula is C24H23N3O2S. The van der Waals surface area contributed by atoms with E-state index in [1.54, 1.807) is 11.9 Å². The molecule has 0 bridgehead atoms. The lowest BCUT2D eigenvalue weighted by molar-refractivity contribution is -0.117. The zero-order valence-electron chi connectivity index (χ0n) is 16.9. The number of likely N-dealkylation sites (N-methyl/N-ethyl adjacent to an activating group) is 1. The summed E-state index contributed by atoms with van der Waals surface area (Å²) in [4.78, 5) is 31.4. The molecule has 0 spiro atoms. The second-order valence-electron chi connectivity index (χ2n) is 7.85. The Morgan fingerprint density at radius 3 is 2.73 bits per heavy atom. The van der Waals surface area contributed by atoms with Gasteiger partial charge in [0.15, 0.2) is 10.9 Å². The lowest BCUT2D eigenvalue weighted by atomic mass is 10.0. The van der Waals surface area contributed by atoms with E-state index in [-0.39, 0.29) is 11.7 Å². The largest absolute Gasteiger partial charge is 0.315 e. The lowest BCUT2D eigenvalue weighted by Gasteiger charge is -2.15. The molecule has 0 unspecified atom stereocenters. The average Bonchev–Trinajstić information content (AvgIpc) is 3.29. The first-order chi connectivity index (χ1) is 14.6. The average molecular weight is 418 g/mol. The second kappa shape index (κ2) is 7.76. The summed E-state index contributed by atoms with van der Waals surface area (Å²) in [5, 5.41) is 0.887. The molecule has 30 heavy (non-hydrogen) atoms. The van der Waals surface area contributed by atoms with Crippen LogP contribution in [0.2, 0.25) is 0 Å². The molecule has 0 N–H and O–H groups in total. The molecule has 2 aliphatic rings. The number of anilines is 1. The van der Waals surface area contributed by atoms with Crippen molar-refractivity contribution in [2.45, 2.75) is 37.3 Å². The summed E-state index contributed by atoms with van der Waals surface area (Å²) in [6.45, 7) is 0. The molecule has 5 rings (SSSR count). The number of aromatic nitrogens is 2. The van der Waals surface area contributed by atoms with E-state index >= 15 is 0 Å². The number of imidazole rings is 1. The van der Waals surface area contributed by atoms with Crippen LogP contribution < -0.4 is 4.90 Å². The zero-order valence-corrected chi connectivity index (χ0v) is 17.7. The number of carbonyl (C=O) groups excluding carboxylic acids is 2. The van der Waals surface area contributed by atoms with Crippen molar-refractivity contribution >= 4 is 29.1 Å². The summed E-state index contributed by atoms with van der Waals surface area (Å²) in [6.07, 6.45) is 4.74. The molecule has 0 radical (unpaired) electrons. The van der Waals surface area contributed by atoms with Gasteiger partial charge in [-0.05, 0) is 61.6 Å². The maximum atomic E-state index is 12.9. The third-order valence-corrected chi connectivity index (χ3v) is 6.87. The van der Waals surface area contributed by atoms with E-state index in [0.29, 0.717) is 17.7 Å². The highest BCUT2D eigenvalue weighted by molar-refractivity contribution is 7.99. The summed E-state index contributed by atoms with van der Waals surface area (Å²) < 4.78 is 2.22. The fourth-order valence-corrected chi connectivity index (χ4v) is 5.26. The molecule has 0 saturated heterocycles. The Balaban J connectivity index is 1.39. The van der Waals surface area contributed by atoms with Crippen molar-refractivity contribution in [1.29, 1.82) is 0 Å². The second-order valence-corrected chi connectivity index (χ2v) is 8.79. The fourth-order valence-electron chi connectivity index (χ4n) is 4.31. The number of thioether (sulfide) groups is 1. The summed E-state index contributed by atoms with van der Waals surface area (Å²) in [5.74, 6) is 0.454. The van der Waals surface area contributed by atoms with Gasteiger partial charge in [0.2, 0.25) is 5.91 Å². The Morgan fingerprint density at radius 1 is 1.10 bits per heavy atom. The number of benzene rings is 2. The van der Waals surface area contributed by atoms with Crippen LogP contribution in [-0.2, 0) is 24.1 Å². The van der Waals surface area contributed by atoms with Crippen LogP contribution in [0.4, 0.5) is 5.69 Å². The van der Waals surface area contributed by atoms with Gasteiger partial charge < -0.3 is 4.90 Å². The smallest absolute Gasteiger partial charge is 0.231 e. The Labute approximate surface area is 180 Å². The van der Waals surface area contributed by atoms with Crippen molar-refractivity contribution < 1.29 is 9.59 Å². The van der Waals surface area contributed by atoms with Crippen molar-refractivity contribution in [2.24, 2.45) is 0 Å². The third-order valence-electron chi connectivity index (χ3n) is 5.93. The maximum Gasteiger partial charge on any atom is 0.231 e. The van der Waals surface area contributed by atoms with Gasteiger partial charge in [-0.25, -0.2) is 4.98 Å². The number of Topliss-reactive ketones (excluding diaryl/α,β-unsaturated/α-hetero) is 1. The van der Waals surface area contributed by atoms with Crippen LogP contribution in [0.5, 0.6) is 0 Å². The number of rotatable bonds is 5. The van der Waals surface area contributed by atoms with Crippen LogP contribution in [0.15, 0.2) is 53.7 Å². The van der Waals surface area contributed by atoms with Crippen LogP contribution in [0.1, 0.15) is 40.2 Å². The van der Waals surface area contributed by atoms with Gasteiger partial charge in [-0.2, -0.15) is 0 Å². The van der Waals surface area contributed by atoms with Crippen molar-refractivity contribution in [3.63, 3.8) is 0 Å².